The van der Waals surface area contributed by atoms with E-state index in [-0.39, 0.29) is 11.6 Å². The van der Waals surface area contributed by atoms with E-state index < -0.39 is 11.8 Å². The van der Waals surface area contributed by atoms with Crippen molar-refractivity contribution in [2.45, 2.75) is 73.1 Å². The van der Waals surface area contributed by atoms with Crippen LogP contribution >= 0.6 is 23.2 Å². The number of aliphatic imine (C=N–C) groups is 1. The molecule has 2 aromatic carbocycles. The van der Waals surface area contributed by atoms with E-state index in [9.17, 15) is 14.4 Å². The second-order valence-corrected chi connectivity index (χ2v) is 11.7. The summed E-state index contributed by atoms with van der Waals surface area (Å²) in [7, 11) is 0. The van der Waals surface area contributed by atoms with Gasteiger partial charge in [-0.05, 0) is 114 Å². The number of amides is 3. The maximum absolute atomic E-state index is 13.7. The molecule has 0 fully saturated rings. The van der Waals surface area contributed by atoms with E-state index in [1.165, 1.54) is 12.3 Å². The Bertz CT molecular complexity index is 1490. The summed E-state index contributed by atoms with van der Waals surface area (Å²) in [5.41, 5.74) is 15.9. The SMILES string of the molecule is CC=N/C(=C\C(C(=O)Nc1cc(Cl)cc(NCCCCN)c1C)=C(/C)CC)C(=O)Nc1cc(Cl)cc(NC(=O)CCCCN)c1C. The fraction of sp³-hybridized carbons (Fsp3) is 0.412. The summed E-state index contributed by atoms with van der Waals surface area (Å²) in [6.07, 6.45) is 7.04. The lowest BCUT2D eigenvalue weighted by atomic mass is 10.0. The lowest BCUT2D eigenvalue weighted by molar-refractivity contribution is -0.116. The molecule has 0 bridgehead atoms. The quantitative estimate of drug-likeness (QED) is 0.0454. The number of unbranched alkanes of at least 4 members (excludes halogenated alkanes) is 2. The number of nitrogens with one attached hydrogen (secondary N) is 4. The molecule has 0 saturated heterocycles. The second kappa shape index (κ2) is 19.7. The van der Waals surface area contributed by atoms with Crippen molar-refractivity contribution < 1.29 is 14.4 Å². The van der Waals surface area contributed by atoms with Crippen molar-refractivity contribution in [3.8, 4) is 0 Å². The zero-order valence-corrected chi connectivity index (χ0v) is 28.9. The van der Waals surface area contributed by atoms with Crippen LogP contribution in [0.5, 0.6) is 0 Å². The number of carbonyl (C=O) groups is 3. The van der Waals surface area contributed by atoms with Crippen molar-refractivity contribution in [3.05, 3.63) is 68.4 Å². The third-order valence-corrected chi connectivity index (χ3v) is 7.77. The minimum absolute atomic E-state index is 0.0114. The van der Waals surface area contributed by atoms with Crippen LogP contribution < -0.4 is 32.7 Å². The smallest absolute Gasteiger partial charge is 0.274 e. The van der Waals surface area contributed by atoms with E-state index in [2.05, 4.69) is 26.3 Å². The van der Waals surface area contributed by atoms with Gasteiger partial charge in [-0.25, -0.2) is 0 Å². The van der Waals surface area contributed by atoms with Gasteiger partial charge >= 0.3 is 0 Å². The molecule has 2 aromatic rings. The van der Waals surface area contributed by atoms with Crippen LogP contribution in [0.1, 0.15) is 70.4 Å². The lowest BCUT2D eigenvalue weighted by Crippen LogP contribution is -2.19. The Labute approximate surface area is 282 Å². The molecule has 0 unspecified atom stereocenters. The molecule has 250 valence electrons. The fourth-order valence-electron chi connectivity index (χ4n) is 4.45. The monoisotopic (exact) mass is 671 g/mol. The summed E-state index contributed by atoms with van der Waals surface area (Å²) in [4.78, 5) is 44.0. The molecule has 8 N–H and O–H groups in total. The van der Waals surface area contributed by atoms with E-state index >= 15 is 0 Å². The van der Waals surface area contributed by atoms with Gasteiger partial charge in [-0.1, -0.05) is 35.7 Å². The Hall–Kier alpha value is -3.70. The van der Waals surface area contributed by atoms with Crippen molar-refractivity contribution in [2.24, 2.45) is 16.5 Å². The first-order valence-electron chi connectivity index (χ1n) is 15.5. The molecule has 46 heavy (non-hydrogen) atoms. The van der Waals surface area contributed by atoms with Crippen LogP contribution in [0.15, 0.2) is 52.2 Å². The molecule has 3 amide bonds. The predicted molar refractivity (Wildman–Crippen MR) is 193 cm³/mol. The van der Waals surface area contributed by atoms with Crippen LogP contribution in [-0.2, 0) is 14.4 Å². The highest BCUT2D eigenvalue weighted by atomic mass is 35.5. The molecule has 2 rings (SSSR count). The molecule has 0 spiro atoms. The van der Waals surface area contributed by atoms with E-state index in [1.807, 2.05) is 26.8 Å². The zero-order valence-electron chi connectivity index (χ0n) is 27.4. The lowest BCUT2D eigenvalue weighted by Gasteiger charge is -2.17. The summed E-state index contributed by atoms with van der Waals surface area (Å²) < 4.78 is 0. The molecule has 0 aromatic heterocycles. The highest BCUT2D eigenvalue weighted by molar-refractivity contribution is 6.32. The first-order chi connectivity index (χ1) is 21.9. The summed E-state index contributed by atoms with van der Waals surface area (Å²) in [5, 5.41) is 12.8. The molecule has 0 aliphatic heterocycles. The van der Waals surface area contributed by atoms with Crippen molar-refractivity contribution in [2.75, 3.05) is 40.9 Å². The van der Waals surface area contributed by atoms with Gasteiger partial charge in [0, 0.05) is 57.5 Å². The van der Waals surface area contributed by atoms with Crippen molar-refractivity contribution in [1.82, 2.24) is 0 Å². The van der Waals surface area contributed by atoms with Gasteiger partial charge in [0.25, 0.3) is 11.8 Å². The standard InChI is InChI=1S/C34H47Cl2N7O3/c1-6-21(3)26(33(45)42-29-18-24(35)16-27(22(29)4)40-15-11-10-14-38)20-31(39-7-2)34(46)43-30-19-25(36)17-28(23(30)5)41-32(44)12-8-9-13-37/h7,16-20,40H,6,8-15,37-38H2,1-5H3,(H,41,44)(H,42,45)(H,43,46)/b26-21-,31-20-,39-7?. The number of anilines is 4. The van der Waals surface area contributed by atoms with Crippen molar-refractivity contribution in [3.63, 3.8) is 0 Å². The number of rotatable bonds is 17. The molecule has 10 nitrogen and oxygen atoms in total. The topological polar surface area (TPSA) is 164 Å². The number of carbonyl (C=O) groups excluding carboxylic acids is 3. The first kappa shape index (κ1) is 38.5. The second-order valence-electron chi connectivity index (χ2n) is 10.8. The summed E-state index contributed by atoms with van der Waals surface area (Å²) in [5.74, 6) is -1.14. The van der Waals surface area contributed by atoms with Gasteiger partial charge in [-0.2, -0.15) is 0 Å². The molecular formula is C34H47Cl2N7O3. The Kier molecular flexibility index (Phi) is 16.5. The molecule has 0 aliphatic rings. The third-order valence-electron chi connectivity index (χ3n) is 7.34. The number of hydrogen-bond donors (Lipinski definition) is 6. The van der Waals surface area contributed by atoms with E-state index in [0.717, 1.165) is 42.6 Å². The molecule has 0 atom stereocenters. The Morgan fingerprint density at radius 2 is 1.33 bits per heavy atom. The van der Waals surface area contributed by atoms with E-state index in [4.69, 9.17) is 34.7 Å². The first-order valence-corrected chi connectivity index (χ1v) is 16.3. The molecule has 0 heterocycles. The zero-order chi connectivity index (χ0) is 34.2. The molecule has 0 aliphatic carbocycles. The van der Waals surface area contributed by atoms with Crippen LogP contribution in [-0.4, -0.2) is 43.6 Å². The molecular weight excluding hydrogens is 625 g/mol. The number of nitrogens with zero attached hydrogens (tertiary/aromatic N) is 1. The maximum Gasteiger partial charge on any atom is 0.274 e. The average Bonchev–Trinajstić information content (AvgIpc) is 3.01. The minimum atomic E-state index is -0.555. The van der Waals surface area contributed by atoms with Gasteiger partial charge in [0.1, 0.15) is 5.70 Å². The van der Waals surface area contributed by atoms with Crippen LogP contribution in [0.2, 0.25) is 10.0 Å². The summed E-state index contributed by atoms with van der Waals surface area (Å²) in [6, 6.07) is 6.73. The van der Waals surface area contributed by atoms with Gasteiger partial charge in [0.2, 0.25) is 5.91 Å². The maximum atomic E-state index is 13.7. The summed E-state index contributed by atoms with van der Waals surface area (Å²) in [6.45, 7) is 10.9. The van der Waals surface area contributed by atoms with Crippen molar-refractivity contribution >= 4 is 69.9 Å². The van der Waals surface area contributed by atoms with Gasteiger partial charge < -0.3 is 32.7 Å². The Morgan fingerprint density at radius 3 is 1.89 bits per heavy atom. The third kappa shape index (κ3) is 11.9. The van der Waals surface area contributed by atoms with Crippen LogP contribution in [0.25, 0.3) is 0 Å². The van der Waals surface area contributed by atoms with Gasteiger partial charge in [-0.3, -0.25) is 19.4 Å². The predicted octanol–water partition coefficient (Wildman–Crippen LogP) is 7.11. The molecule has 0 saturated carbocycles. The largest absolute Gasteiger partial charge is 0.385 e. The number of hydrogen-bond acceptors (Lipinski definition) is 7. The van der Waals surface area contributed by atoms with E-state index in [1.54, 1.807) is 32.0 Å². The van der Waals surface area contributed by atoms with E-state index in [0.29, 0.717) is 70.6 Å². The average molecular weight is 673 g/mol. The molecule has 12 heteroatoms. The van der Waals surface area contributed by atoms with Crippen LogP contribution in [0.3, 0.4) is 0 Å². The highest BCUT2D eigenvalue weighted by Crippen LogP contribution is 2.31. The van der Waals surface area contributed by atoms with Gasteiger partial charge in [0.15, 0.2) is 0 Å². The normalized spacial score (nSPS) is 12.2. The van der Waals surface area contributed by atoms with Crippen LogP contribution in [0.4, 0.5) is 22.7 Å². The number of halogens is 2. The minimum Gasteiger partial charge on any atom is -0.385 e. The number of nitrogens with two attached hydrogens (primary N) is 2. The number of allylic oxidation sites excluding steroid dienone is 1. The fourth-order valence-corrected chi connectivity index (χ4v) is 4.89. The highest BCUT2D eigenvalue weighted by Gasteiger charge is 2.19. The number of benzene rings is 2. The summed E-state index contributed by atoms with van der Waals surface area (Å²) >= 11 is 12.8. The van der Waals surface area contributed by atoms with Gasteiger partial charge in [0.05, 0.1) is 0 Å². The molecule has 0 radical (unpaired) electrons. The Balaban J connectivity index is 2.38. The van der Waals surface area contributed by atoms with Crippen molar-refractivity contribution in [1.29, 1.82) is 0 Å². The van der Waals surface area contributed by atoms with Crippen LogP contribution in [0, 0.1) is 13.8 Å². The Morgan fingerprint density at radius 1 is 0.804 bits per heavy atom. The van der Waals surface area contributed by atoms with Gasteiger partial charge in [-0.15, -0.1) is 0 Å².